The van der Waals surface area contributed by atoms with Gasteiger partial charge in [0.05, 0.1) is 42.5 Å². The number of hydrogen-bond acceptors (Lipinski definition) is 5. The molecule has 1 fully saturated rings. The van der Waals surface area contributed by atoms with Gasteiger partial charge in [-0.15, -0.1) is 0 Å². The number of carbonyl (C=O) groups excluding carboxylic acids is 2. The summed E-state index contributed by atoms with van der Waals surface area (Å²) in [5.41, 5.74) is 4.64. The van der Waals surface area contributed by atoms with Crippen molar-refractivity contribution in [2.45, 2.75) is 6.54 Å². The third-order valence-corrected chi connectivity index (χ3v) is 7.31. The van der Waals surface area contributed by atoms with E-state index in [1.807, 2.05) is 24.3 Å². The van der Waals surface area contributed by atoms with Gasteiger partial charge in [0, 0.05) is 36.3 Å². The molecule has 0 aliphatic carbocycles. The molecule has 0 spiro atoms. The van der Waals surface area contributed by atoms with Crippen molar-refractivity contribution in [2.24, 2.45) is 4.99 Å². The van der Waals surface area contributed by atoms with Crippen molar-refractivity contribution in [2.75, 3.05) is 37.7 Å². The summed E-state index contributed by atoms with van der Waals surface area (Å²) in [6.07, 6.45) is 0. The van der Waals surface area contributed by atoms with E-state index < -0.39 is 0 Å². The Balaban J connectivity index is 1.41. The number of nitrogens with one attached hydrogen (secondary N) is 1. The molecule has 2 aliphatic rings. The number of para-hydroxylation sites is 1. The third-order valence-electron chi connectivity index (χ3n) is 7.31. The molecule has 0 unspecified atom stereocenters. The molecule has 2 amide bonds. The maximum atomic E-state index is 14.0. The fraction of sp³-hybridized carbons (Fsp3) is 0.182. The van der Waals surface area contributed by atoms with Gasteiger partial charge in [-0.05, 0) is 66.2 Å². The highest BCUT2D eigenvalue weighted by Gasteiger charge is 2.30. The molecule has 9 heteroatoms. The average molecular weight is 567 g/mol. The smallest absolute Gasteiger partial charge is 0.251 e. The first kappa shape index (κ1) is 27.4. The van der Waals surface area contributed by atoms with E-state index in [4.69, 9.17) is 9.73 Å². The minimum absolute atomic E-state index is 0.144. The summed E-state index contributed by atoms with van der Waals surface area (Å²) in [4.78, 5) is 35.8. The molecule has 2 heterocycles. The number of nitrogens with zero attached hydrogens (tertiary/aromatic N) is 3. The van der Waals surface area contributed by atoms with Crippen molar-refractivity contribution in [3.8, 4) is 0 Å². The van der Waals surface area contributed by atoms with E-state index in [9.17, 15) is 18.4 Å². The van der Waals surface area contributed by atoms with Crippen LogP contribution >= 0.6 is 0 Å². The number of amides is 2. The van der Waals surface area contributed by atoms with Crippen LogP contribution in [0.5, 0.6) is 0 Å². The van der Waals surface area contributed by atoms with Crippen molar-refractivity contribution in [3.05, 3.63) is 125 Å². The molecule has 0 aromatic heterocycles. The first-order valence-electron chi connectivity index (χ1n) is 13.7. The van der Waals surface area contributed by atoms with Crippen LogP contribution < -0.4 is 10.2 Å². The number of carbonyl (C=O) groups is 2. The summed E-state index contributed by atoms with van der Waals surface area (Å²) in [7, 11) is 0. The molecular formula is C33H28F2N4O3. The van der Waals surface area contributed by atoms with Crippen LogP contribution in [0.3, 0.4) is 0 Å². The van der Waals surface area contributed by atoms with Crippen LogP contribution in [0.4, 0.5) is 25.8 Å². The highest BCUT2D eigenvalue weighted by molar-refractivity contribution is 6.21. The van der Waals surface area contributed by atoms with Crippen LogP contribution in [-0.4, -0.2) is 55.3 Å². The zero-order valence-electron chi connectivity index (χ0n) is 22.7. The second kappa shape index (κ2) is 12.0. The molecule has 1 N–H and O–H groups in total. The molecule has 4 aromatic carbocycles. The Morgan fingerprint density at radius 1 is 0.833 bits per heavy atom. The summed E-state index contributed by atoms with van der Waals surface area (Å²) >= 11 is 0. The van der Waals surface area contributed by atoms with Gasteiger partial charge in [-0.1, -0.05) is 30.3 Å². The number of anilines is 2. The molecule has 4 aromatic rings. The van der Waals surface area contributed by atoms with E-state index in [1.165, 1.54) is 24.3 Å². The van der Waals surface area contributed by atoms with E-state index >= 15 is 0 Å². The third kappa shape index (κ3) is 5.83. The maximum Gasteiger partial charge on any atom is 0.251 e. The molecule has 1 saturated heterocycles. The van der Waals surface area contributed by atoms with Gasteiger partial charge in [-0.3, -0.25) is 19.4 Å². The number of hydrogen-bond donors (Lipinski definition) is 1. The predicted molar refractivity (Wildman–Crippen MR) is 157 cm³/mol. The van der Waals surface area contributed by atoms with E-state index in [0.717, 1.165) is 5.56 Å². The Bertz CT molecular complexity index is 1650. The summed E-state index contributed by atoms with van der Waals surface area (Å²) < 4.78 is 32.6. The SMILES string of the molecule is O=C(NCc1ccc(F)cc1)c1ccc2c(c1)N=C(c1ccc(F)cc1)c1ccccc1N2C(=O)CN1CCOCC1. The van der Waals surface area contributed by atoms with E-state index in [2.05, 4.69) is 10.2 Å². The molecule has 7 nitrogen and oxygen atoms in total. The molecule has 6 rings (SSSR count). The zero-order valence-corrected chi connectivity index (χ0v) is 22.7. The lowest BCUT2D eigenvalue weighted by Gasteiger charge is -2.30. The summed E-state index contributed by atoms with van der Waals surface area (Å²) in [5, 5.41) is 2.86. The van der Waals surface area contributed by atoms with Crippen molar-refractivity contribution in [1.82, 2.24) is 10.2 Å². The van der Waals surface area contributed by atoms with Gasteiger partial charge in [-0.2, -0.15) is 0 Å². The first-order valence-corrected chi connectivity index (χ1v) is 13.7. The monoisotopic (exact) mass is 566 g/mol. The van der Waals surface area contributed by atoms with Crippen LogP contribution in [0.1, 0.15) is 27.0 Å². The molecule has 2 aliphatic heterocycles. The quantitative estimate of drug-likeness (QED) is 0.341. The fourth-order valence-corrected chi connectivity index (χ4v) is 5.13. The average Bonchev–Trinajstić information content (AvgIpc) is 3.16. The van der Waals surface area contributed by atoms with Crippen molar-refractivity contribution in [1.29, 1.82) is 0 Å². The first-order chi connectivity index (χ1) is 20.5. The van der Waals surface area contributed by atoms with Crippen molar-refractivity contribution < 1.29 is 23.1 Å². The number of fused-ring (bicyclic) bond motifs is 2. The van der Waals surface area contributed by atoms with Crippen LogP contribution in [0.25, 0.3) is 0 Å². The maximum absolute atomic E-state index is 14.0. The lowest BCUT2D eigenvalue weighted by atomic mass is 10.00. The fourth-order valence-electron chi connectivity index (χ4n) is 5.13. The Labute approximate surface area is 242 Å². The highest BCUT2D eigenvalue weighted by atomic mass is 19.1. The van der Waals surface area contributed by atoms with Gasteiger partial charge in [0.25, 0.3) is 5.91 Å². The second-order valence-corrected chi connectivity index (χ2v) is 10.1. The van der Waals surface area contributed by atoms with Gasteiger partial charge < -0.3 is 10.1 Å². The summed E-state index contributed by atoms with van der Waals surface area (Å²) in [6, 6.07) is 24.5. The van der Waals surface area contributed by atoms with Gasteiger partial charge in [0.15, 0.2) is 0 Å². The molecule has 0 atom stereocenters. The number of rotatable bonds is 6. The summed E-state index contributed by atoms with van der Waals surface area (Å²) in [6.45, 7) is 2.83. The minimum Gasteiger partial charge on any atom is -0.379 e. The molecule has 0 saturated carbocycles. The topological polar surface area (TPSA) is 74.2 Å². The van der Waals surface area contributed by atoms with Crippen LogP contribution in [-0.2, 0) is 16.1 Å². The van der Waals surface area contributed by atoms with E-state index in [1.54, 1.807) is 47.4 Å². The number of halogens is 2. The Hall–Kier alpha value is -4.73. The lowest BCUT2D eigenvalue weighted by Crippen LogP contribution is -2.43. The standard InChI is InChI=1S/C33H28F2N4O3/c34-25-10-5-22(6-11-25)20-36-33(41)24-9-14-30-28(19-24)37-32(23-7-12-26(35)13-8-23)27-3-1-2-4-29(27)39(30)31(40)21-38-15-17-42-18-16-38/h1-14,19H,15-18,20-21H2,(H,36,41). The van der Waals surface area contributed by atoms with E-state index in [-0.39, 0.29) is 36.5 Å². The van der Waals surface area contributed by atoms with Crippen molar-refractivity contribution >= 4 is 34.6 Å². The van der Waals surface area contributed by atoms with Gasteiger partial charge in [0.1, 0.15) is 11.6 Å². The van der Waals surface area contributed by atoms with Gasteiger partial charge >= 0.3 is 0 Å². The normalized spacial score (nSPS) is 14.8. The Morgan fingerprint density at radius 2 is 1.52 bits per heavy atom. The highest BCUT2D eigenvalue weighted by Crippen LogP contribution is 2.41. The largest absolute Gasteiger partial charge is 0.379 e. The van der Waals surface area contributed by atoms with Gasteiger partial charge in [0.2, 0.25) is 5.91 Å². The lowest BCUT2D eigenvalue weighted by molar-refractivity contribution is -0.120. The van der Waals surface area contributed by atoms with Crippen LogP contribution in [0, 0.1) is 11.6 Å². The number of ether oxygens (including phenoxy) is 1. The molecular weight excluding hydrogens is 538 g/mol. The Kier molecular flexibility index (Phi) is 7.85. The Morgan fingerprint density at radius 3 is 2.26 bits per heavy atom. The number of aliphatic imine (C=N–C) groups is 1. The van der Waals surface area contributed by atoms with Crippen molar-refractivity contribution in [3.63, 3.8) is 0 Å². The van der Waals surface area contributed by atoms with Crippen LogP contribution in [0.15, 0.2) is 96.0 Å². The van der Waals surface area contributed by atoms with Gasteiger partial charge in [-0.25, -0.2) is 13.8 Å². The number of benzene rings is 4. The van der Waals surface area contributed by atoms with Crippen LogP contribution in [0.2, 0.25) is 0 Å². The number of morpholine rings is 1. The minimum atomic E-state index is -0.371. The second-order valence-electron chi connectivity index (χ2n) is 10.1. The predicted octanol–water partition coefficient (Wildman–Crippen LogP) is 5.37. The molecule has 0 bridgehead atoms. The molecule has 0 radical (unpaired) electrons. The summed E-state index contributed by atoms with van der Waals surface area (Å²) in [5.74, 6) is -1.20. The molecule has 42 heavy (non-hydrogen) atoms. The van der Waals surface area contributed by atoms with E-state index in [0.29, 0.717) is 65.8 Å². The molecule has 212 valence electrons. The zero-order chi connectivity index (χ0) is 29.1.